The number of H-pyrrole nitrogens is 1. The third kappa shape index (κ3) is 3.12. The minimum absolute atomic E-state index is 0.434. The first-order valence-corrected chi connectivity index (χ1v) is 8.60. The summed E-state index contributed by atoms with van der Waals surface area (Å²) in [6.45, 7) is 3.19. The number of likely N-dealkylation sites (tertiary alicyclic amines) is 1. The predicted molar refractivity (Wildman–Crippen MR) is 94.5 cm³/mol. The number of nitrogens with zero attached hydrogens (tertiary/aromatic N) is 4. The molecule has 0 spiro atoms. The standard InChI is InChI=1S/C19H23N5/c1-23-11-6-10-17(23)14-24-12-5-9-16(13-24)19-20-18(21-22-19)15-7-3-2-4-8-15/h2-4,6-8,10-11,16H,5,9,12-14H2,1H3,(H,20,21,22)/t16-/m0/s1. The van der Waals surface area contributed by atoms with Crippen LogP contribution in [-0.2, 0) is 13.6 Å². The van der Waals surface area contributed by atoms with Gasteiger partial charge in [-0.15, -0.1) is 0 Å². The molecule has 5 nitrogen and oxygen atoms in total. The van der Waals surface area contributed by atoms with Crippen LogP contribution in [0.5, 0.6) is 0 Å². The van der Waals surface area contributed by atoms with E-state index in [1.165, 1.54) is 18.5 Å². The molecule has 1 saturated heterocycles. The molecule has 2 aromatic heterocycles. The van der Waals surface area contributed by atoms with Gasteiger partial charge in [0.2, 0.25) is 0 Å². The summed E-state index contributed by atoms with van der Waals surface area (Å²) < 4.78 is 2.20. The number of hydrogen-bond donors (Lipinski definition) is 1. The Morgan fingerprint density at radius 3 is 2.83 bits per heavy atom. The second-order valence-corrected chi connectivity index (χ2v) is 6.59. The normalized spacial score (nSPS) is 18.8. The van der Waals surface area contributed by atoms with E-state index in [1.54, 1.807) is 0 Å². The van der Waals surface area contributed by atoms with E-state index in [0.717, 1.165) is 36.8 Å². The highest BCUT2D eigenvalue weighted by atomic mass is 15.2. The van der Waals surface area contributed by atoms with E-state index in [4.69, 9.17) is 4.98 Å². The van der Waals surface area contributed by atoms with Crippen molar-refractivity contribution in [2.75, 3.05) is 13.1 Å². The van der Waals surface area contributed by atoms with Crippen LogP contribution in [0.1, 0.15) is 30.3 Å². The zero-order valence-electron chi connectivity index (χ0n) is 14.0. The zero-order chi connectivity index (χ0) is 16.4. The molecule has 1 aromatic carbocycles. The van der Waals surface area contributed by atoms with Crippen LogP contribution in [0.15, 0.2) is 48.7 Å². The zero-order valence-corrected chi connectivity index (χ0v) is 14.0. The van der Waals surface area contributed by atoms with Gasteiger partial charge >= 0.3 is 0 Å². The van der Waals surface area contributed by atoms with Gasteiger partial charge in [-0.05, 0) is 31.5 Å². The van der Waals surface area contributed by atoms with E-state index in [9.17, 15) is 0 Å². The van der Waals surface area contributed by atoms with E-state index in [-0.39, 0.29) is 0 Å². The summed E-state index contributed by atoms with van der Waals surface area (Å²) in [4.78, 5) is 7.28. The summed E-state index contributed by atoms with van der Waals surface area (Å²) in [6.07, 6.45) is 4.49. The van der Waals surface area contributed by atoms with Gasteiger partial charge < -0.3 is 4.57 Å². The molecule has 0 aliphatic carbocycles. The minimum atomic E-state index is 0.434. The van der Waals surface area contributed by atoms with Crippen LogP contribution < -0.4 is 0 Å². The maximum Gasteiger partial charge on any atom is 0.181 e. The van der Waals surface area contributed by atoms with Gasteiger partial charge in [0.25, 0.3) is 0 Å². The van der Waals surface area contributed by atoms with Gasteiger partial charge in [-0.25, -0.2) is 4.98 Å². The molecule has 1 N–H and O–H groups in total. The molecule has 0 amide bonds. The molecule has 1 atom stereocenters. The summed E-state index contributed by atoms with van der Waals surface area (Å²) in [6, 6.07) is 14.5. The molecular formula is C19H23N5. The second kappa shape index (κ2) is 6.61. The van der Waals surface area contributed by atoms with Crippen LogP contribution >= 0.6 is 0 Å². The van der Waals surface area contributed by atoms with Crippen molar-refractivity contribution in [2.24, 2.45) is 7.05 Å². The molecule has 1 fully saturated rings. The fourth-order valence-electron chi connectivity index (χ4n) is 3.49. The van der Waals surface area contributed by atoms with Gasteiger partial charge in [-0.2, -0.15) is 5.10 Å². The van der Waals surface area contributed by atoms with Gasteiger partial charge in [0.15, 0.2) is 5.82 Å². The molecule has 5 heteroatoms. The van der Waals surface area contributed by atoms with E-state index < -0.39 is 0 Å². The maximum absolute atomic E-state index is 4.75. The molecule has 124 valence electrons. The fraction of sp³-hybridized carbons (Fsp3) is 0.368. The van der Waals surface area contributed by atoms with Gasteiger partial charge in [-0.1, -0.05) is 30.3 Å². The summed E-state index contributed by atoms with van der Waals surface area (Å²) in [7, 11) is 2.11. The number of hydrogen-bond acceptors (Lipinski definition) is 3. The topological polar surface area (TPSA) is 49.7 Å². The molecule has 1 aliphatic rings. The van der Waals surface area contributed by atoms with Crippen LogP contribution in [0.2, 0.25) is 0 Å². The molecule has 1 aliphatic heterocycles. The lowest BCUT2D eigenvalue weighted by Crippen LogP contribution is -2.34. The number of benzene rings is 1. The molecule has 0 saturated carbocycles. The van der Waals surface area contributed by atoms with Crippen LogP contribution in [0.4, 0.5) is 0 Å². The van der Waals surface area contributed by atoms with Crippen LogP contribution in [0.25, 0.3) is 11.4 Å². The third-order valence-corrected chi connectivity index (χ3v) is 4.86. The summed E-state index contributed by atoms with van der Waals surface area (Å²) in [5, 5.41) is 7.59. The number of aryl methyl sites for hydroxylation is 1. The highest BCUT2D eigenvalue weighted by Crippen LogP contribution is 2.26. The Morgan fingerprint density at radius 2 is 2.04 bits per heavy atom. The van der Waals surface area contributed by atoms with Crippen molar-refractivity contribution in [1.82, 2.24) is 24.6 Å². The molecule has 24 heavy (non-hydrogen) atoms. The highest BCUT2D eigenvalue weighted by molar-refractivity contribution is 5.53. The molecule has 0 bridgehead atoms. The fourth-order valence-corrected chi connectivity index (χ4v) is 3.49. The maximum atomic E-state index is 4.75. The molecule has 3 heterocycles. The molecule has 4 rings (SSSR count). The first-order valence-electron chi connectivity index (χ1n) is 8.60. The minimum Gasteiger partial charge on any atom is -0.353 e. The molecule has 0 unspecified atom stereocenters. The summed E-state index contributed by atoms with van der Waals surface area (Å²) in [5.41, 5.74) is 2.43. The number of nitrogens with one attached hydrogen (secondary N) is 1. The Balaban J connectivity index is 1.46. The van der Waals surface area contributed by atoms with E-state index in [2.05, 4.69) is 57.2 Å². The second-order valence-electron chi connectivity index (χ2n) is 6.59. The van der Waals surface area contributed by atoms with Crippen molar-refractivity contribution < 1.29 is 0 Å². The van der Waals surface area contributed by atoms with Gasteiger partial charge in [0.1, 0.15) is 5.82 Å². The Kier molecular flexibility index (Phi) is 4.17. The lowest BCUT2D eigenvalue weighted by Gasteiger charge is -2.31. The number of rotatable bonds is 4. The van der Waals surface area contributed by atoms with E-state index >= 15 is 0 Å². The largest absolute Gasteiger partial charge is 0.353 e. The van der Waals surface area contributed by atoms with Crippen molar-refractivity contribution >= 4 is 0 Å². The van der Waals surface area contributed by atoms with Crippen LogP contribution in [0, 0.1) is 0 Å². The monoisotopic (exact) mass is 321 g/mol. The predicted octanol–water partition coefficient (Wildman–Crippen LogP) is 3.19. The Bertz CT molecular complexity index is 789. The molecular weight excluding hydrogens is 298 g/mol. The molecule has 3 aromatic rings. The Morgan fingerprint density at radius 1 is 1.17 bits per heavy atom. The molecule has 0 radical (unpaired) electrons. The van der Waals surface area contributed by atoms with Crippen molar-refractivity contribution in [2.45, 2.75) is 25.3 Å². The Hall–Kier alpha value is -2.40. The van der Waals surface area contributed by atoms with Crippen molar-refractivity contribution in [1.29, 1.82) is 0 Å². The summed E-state index contributed by atoms with van der Waals surface area (Å²) in [5.74, 6) is 2.25. The van der Waals surface area contributed by atoms with Crippen molar-refractivity contribution in [3.8, 4) is 11.4 Å². The van der Waals surface area contributed by atoms with Crippen LogP contribution in [-0.4, -0.2) is 37.7 Å². The van der Waals surface area contributed by atoms with Crippen LogP contribution in [0.3, 0.4) is 0 Å². The lowest BCUT2D eigenvalue weighted by molar-refractivity contribution is 0.193. The smallest absolute Gasteiger partial charge is 0.181 e. The van der Waals surface area contributed by atoms with E-state index in [0.29, 0.717) is 5.92 Å². The van der Waals surface area contributed by atoms with Crippen molar-refractivity contribution in [3.05, 3.63) is 60.2 Å². The van der Waals surface area contributed by atoms with Gasteiger partial charge in [0, 0.05) is 43.5 Å². The lowest BCUT2D eigenvalue weighted by atomic mass is 9.97. The third-order valence-electron chi connectivity index (χ3n) is 4.86. The van der Waals surface area contributed by atoms with Gasteiger partial charge in [0.05, 0.1) is 0 Å². The number of aromatic amines is 1. The van der Waals surface area contributed by atoms with Crippen molar-refractivity contribution in [3.63, 3.8) is 0 Å². The highest BCUT2D eigenvalue weighted by Gasteiger charge is 2.24. The van der Waals surface area contributed by atoms with E-state index in [1.807, 2.05) is 18.2 Å². The average molecular weight is 321 g/mol. The Labute approximate surface area is 142 Å². The quantitative estimate of drug-likeness (QED) is 0.803. The first-order chi connectivity index (χ1) is 11.8. The summed E-state index contributed by atoms with van der Waals surface area (Å²) >= 11 is 0. The van der Waals surface area contributed by atoms with Gasteiger partial charge in [-0.3, -0.25) is 10.00 Å². The SMILES string of the molecule is Cn1cccc1CN1CCC[C@H](c2nc(-c3ccccc3)n[nH]2)C1. The first kappa shape index (κ1) is 15.1. The number of aromatic nitrogens is 4. The average Bonchev–Trinajstić information content (AvgIpc) is 3.26. The number of piperidine rings is 1.